The number of aliphatic hydroxyl groups is 1. The lowest BCUT2D eigenvalue weighted by Crippen LogP contribution is -2.47. The number of nitrogens with zero attached hydrogens (tertiary/aromatic N) is 2. The molecule has 3 aromatic carbocycles. The van der Waals surface area contributed by atoms with Gasteiger partial charge in [-0.25, -0.2) is 0 Å². The molecule has 1 aliphatic heterocycles. The van der Waals surface area contributed by atoms with Crippen LogP contribution in [-0.4, -0.2) is 85.4 Å². The van der Waals surface area contributed by atoms with Crippen LogP contribution in [0.5, 0.6) is 11.5 Å². The number of carbonyl (C=O) groups excluding carboxylic acids is 2. The number of rotatable bonds is 10. The Bertz CT molecular complexity index is 1420. The molecule has 0 saturated carbocycles. The third-order valence-electron chi connectivity index (χ3n) is 8.65. The fraction of sp³-hybridized carbons (Fsp3) is 0.474. The summed E-state index contributed by atoms with van der Waals surface area (Å²) in [6.45, 7) is 8.16. The Morgan fingerprint density at radius 2 is 1.81 bits per heavy atom. The molecule has 2 amide bonds. The van der Waals surface area contributed by atoms with Crippen molar-refractivity contribution in [2.24, 2.45) is 5.92 Å². The molecule has 0 fully saturated rings. The predicted molar refractivity (Wildman–Crippen MR) is 185 cm³/mol. The second-order valence-electron chi connectivity index (χ2n) is 12.8. The average Bonchev–Trinajstić information content (AvgIpc) is 3.06. The van der Waals surface area contributed by atoms with Gasteiger partial charge in [-0.15, -0.1) is 0 Å². The third-order valence-corrected chi connectivity index (χ3v) is 8.65. The zero-order valence-corrected chi connectivity index (χ0v) is 28.5. The summed E-state index contributed by atoms with van der Waals surface area (Å²) in [5.41, 5.74) is 2.94. The van der Waals surface area contributed by atoms with Gasteiger partial charge in [0.1, 0.15) is 11.5 Å². The Hall–Kier alpha value is -3.92. The summed E-state index contributed by atoms with van der Waals surface area (Å²) >= 11 is 0. The van der Waals surface area contributed by atoms with E-state index in [2.05, 4.69) is 36.3 Å². The van der Waals surface area contributed by atoms with E-state index in [1.54, 1.807) is 30.2 Å². The number of anilines is 1. The largest absolute Gasteiger partial charge is 0.497 e. The van der Waals surface area contributed by atoms with Gasteiger partial charge in [-0.3, -0.25) is 14.5 Å². The molecule has 3 aromatic rings. The Morgan fingerprint density at radius 1 is 1.06 bits per heavy atom. The minimum absolute atomic E-state index is 0.0359. The number of likely N-dealkylation sites (N-methyl/N-ethyl adjacent to an activating group) is 1. The number of benzene rings is 3. The highest BCUT2D eigenvalue weighted by Gasteiger charge is 2.30. The van der Waals surface area contributed by atoms with Gasteiger partial charge in [-0.1, -0.05) is 49.4 Å². The van der Waals surface area contributed by atoms with Crippen molar-refractivity contribution in [2.45, 2.75) is 71.2 Å². The van der Waals surface area contributed by atoms with Crippen molar-refractivity contribution in [1.29, 1.82) is 0 Å². The van der Waals surface area contributed by atoms with E-state index in [-0.39, 0.29) is 43.0 Å². The smallest absolute Gasteiger partial charge is 0.258 e. The van der Waals surface area contributed by atoms with Crippen LogP contribution in [-0.2, 0) is 22.5 Å². The van der Waals surface area contributed by atoms with Crippen LogP contribution in [0.2, 0.25) is 0 Å². The van der Waals surface area contributed by atoms with E-state index in [1.807, 2.05) is 56.3 Å². The van der Waals surface area contributed by atoms with E-state index in [4.69, 9.17) is 14.2 Å². The highest BCUT2D eigenvalue weighted by molar-refractivity contribution is 6.00. The third kappa shape index (κ3) is 10.8. The first-order valence-corrected chi connectivity index (χ1v) is 16.7. The van der Waals surface area contributed by atoms with Gasteiger partial charge in [0, 0.05) is 37.8 Å². The number of ether oxygens (including phenoxy) is 3. The summed E-state index contributed by atoms with van der Waals surface area (Å²) in [6, 6.07) is 22.4. The zero-order chi connectivity index (χ0) is 33.8. The first-order valence-electron chi connectivity index (χ1n) is 16.7. The molecule has 9 nitrogen and oxygen atoms in total. The maximum absolute atomic E-state index is 14.4. The van der Waals surface area contributed by atoms with Crippen molar-refractivity contribution >= 4 is 17.5 Å². The Kier molecular flexibility index (Phi) is 13.6. The second-order valence-corrected chi connectivity index (χ2v) is 12.8. The fourth-order valence-electron chi connectivity index (χ4n) is 5.86. The minimum atomic E-state index is -0.447. The number of fused-ring (bicyclic) bond motifs is 1. The topological polar surface area (TPSA) is 101 Å². The van der Waals surface area contributed by atoms with Gasteiger partial charge in [0.05, 0.1) is 44.0 Å². The number of nitrogens with one attached hydrogen (secondary N) is 1. The van der Waals surface area contributed by atoms with Crippen LogP contribution in [0.1, 0.15) is 61.5 Å². The van der Waals surface area contributed by atoms with E-state index in [9.17, 15) is 14.7 Å². The monoisotopic (exact) mass is 645 g/mol. The first-order chi connectivity index (χ1) is 22.7. The first kappa shape index (κ1) is 35.9. The van der Waals surface area contributed by atoms with Crippen molar-refractivity contribution in [3.63, 3.8) is 0 Å². The van der Waals surface area contributed by atoms with Gasteiger partial charge in [-0.05, 0) is 81.6 Å². The molecular weight excluding hydrogens is 594 g/mol. The molecule has 0 unspecified atom stereocenters. The lowest BCUT2D eigenvalue weighted by atomic mass is 10.0. The maximum atomic E-state index is 14.4. The molecule has 254 valence electrons. The van der Waals surface area contributed by atoms with Crippen LogP contribution in [0.3, 0.4) is 0 Å². The van der Waals surface area contributed by atoms with Gasteiger partial charge in [0.15, 0.2) is 0 Å². The fourth-order valence-corrected chi connectivity index (χ4v) is 5.86. The zero-order valence-electron chi connectivity index (χ0n) is 28.5. The molecule has 4 rings (SSSR count). The van der Waals surface area contributed by atoms with Crippen molar-refractivity contribution in [1.82, 2.24) is 9.80 Å². The molecule has 0 aliphatic carbocycles. The molecular formula is C38H51N3O6. The molecule has 47 heavy (non-hydrogen) atoms. The number of aliphatic hydroxyl groups excluding tert-OH is 1. The Labute approximate surface area is 279 Å². The van der Waals surface area contributed by atoms with E-state index in [0.717, 1.165) is 37.1 Å². The van der Waals surface area contributed by atoms with E-state index in [1.165, 1.54) is 5.56 Å². The summed E-state index contributed by atoms with van der Waals surface area (Å²) in [4.78, 5) is 31.2. The normalized spacial score (nSPS) is 20.1. The number of hydrogen-bond donors (Lipinski definition) is 2. The standard InChI is InChI=1S/C38H51N3O6/c1-27-23-41(28(2)26-42)38(44)34-22-32(39-37(43)21-30-12-7-6-8-13-30)16-19-35(34)47-29(3)11-9-10-20-46-36(27)25-40(4)24-31-14-17-33(45-5)18-15-31/h6-8,12-19,22,27-29,36,42H,9-11,20-21,23-26H2,1-5H3,(H,39,43)/t27-,28+,29+,36+/m1/s1. The molecule has 0 saturated heterocycles. The van der Waals surface area contributed by atoms with Gasteiger partial charge < -0.3 is 29.5 Å². The molecule has 0 radical (unpaired) electrons. The van der Waals surface area contributed by atoms with Crippen LogP contribution in [0.25, 0.3) is 0 Å². The van der Waals surface area contributed by atoms with Crippen LogP contribution < -0.4 is 14.8 Å². The van der Waals surface area contributed by atoms with Gasteiger partial charge in [-0.2, -0.15) is 0 Å². The van der Waals surface area contributed by atoms with Crippen molar-refractivity contribution in [2.75, 3.05) is 45.8 Å². The summed E-state index contributed by atoms with van der Waals surface area (Å²) in [7, 11) is 3.74. The Morgan fingerprint density at radius 3 is 2.51 bits per heavy atom. The molecule has 9 heteroatoms. The second kappa shape index (κ2) is 17.8. The number of amides is 2. The molecule has 0 aromatic heterocycles. The molecule has 1 aliphatic rings. The van der Waals surface area contributed by atoms with Gasteiger partial charge in [0.25, 0.3) is 5.91 Å². The van der Waals surface area contributed by atoms with E-state index in [0.29, 0.717) is 36.7 Å². The van der Waals surface area contributed by atoms with Crippen LogP contribution >= 0.6 is 0 Å². The molecule has 0 spiro atoms. The Balaban J connectivity index is 1.57. The average molecular weight is 646 g/mol. The van der Waals surface area contributed by atoms with Crippen molar-refractivity contribution in [3.8, 4) is 11.5 Å². The molecule has 0 bridgehead atoms. The quantitative estimate of drug-likeness (QED) is 0.287. The van der Waals surface area contributed by atoms with Crippen LogP contribution in [0.4, 0.5) is 5.69 Å². The van der Waals surface area contributed by atoms with Gasteiger partial charge in [0.2, 0.25) is 5.91 Å². The van der Waals surface area contributed by atoms with E-state index < -0.39 is 6.04 Å². The molecule has 2 N–H and O–H groups in total. The maximum Gasteiger partial charge on any atom is 0.258 e. The predicted octanol–water partition coefficient (Wildman–Crippen LogP) is 5.80. The summed E-state index contributed by atoms with van der Waals surface area (Å²) in [5.74, 6) is 0.820. The summed E-state index contributed by atoms with van der Waals surface area (Å²) in [6.07, 6.45) is 2.58. The number of carbonyl (C=O) groups is 2. The number of hydrogen-bond acceptors (Lipinski definition) is 7. The van der Waals surface area contributed by atoms with Crippen LogP contribution in [0, 0.1) is 5.92 Å². The lowest BCUT2D eigenvalue weighted by molar-refractivity contribution is -0.115. The minimum Gasteiger partial charge on any atom is -0.497 e. The van der Waals surface area contributed by atoms with Crippen LogP contribution in [0.15, 0.2) is 72.8 Å². The van der Waals surface area contributed by atoms with E-state index >= 15 is 0 Å². The highest BCUT2D eigenvalue weighted by atomic mass is 16.5. The van der Waals surface area contributed by atoms with Crippen molar-refractivity contribution in [3.05, 3.63) is 89.5 Å². The SMILES string of the molecule is COc1ccc(CN(C)C[C@@H]2OCCCC[C@H](C)Oc3ccc(NC(=O)Cc4ccccc4)cc3C(=O)N([C@@H](C)CO)C[C@H]2C)cc1. The highest BCUT2D eigenvalue weighted by Crippen LogP contribution is 2.29. The van der Waals surface area contributed by atoms with Gasteiger partial charge >= 0.3 is 0 Å². The summed E-state index contributed by atoms with van der Waals surface area (Å²) < 4.78 is 18.1. The lowest BCUT2D eigenvalue weighted by Gasteiger charge is -2.36. The van der Waals surface area contributed by atoms with Crippen molar-refractivity contribution < 1.29 is 28.9 Å². The molecule has 1 heterocycles. The summed E-state index contributed by atoms with van der Waals surface area (Å²) in [5, 5.41) is 13.2. The molecule has 4 atom stereocenters. The number of methoxy groups -OCH3 is 1.